The Hall–Kier alpha value is -2.89. The molecular formula is C17H12N3O2-. The Kier molecular flexibility index (Phi) is 2.82. The minimum Gasteiger partial charge on any atom is -0.733 e. The molecule has 4 rings (SSSR count). The number of aromatic nitrogens is 2. The number of hydrogen-bond acceptors (Lipinski definition) is 4. The predicted molar refractivity (Wildman–Crippen MR) is 86.7 cm³/mol. The van der Waals surface area contributed by atoms with Crippen LogP contribution in [0.3, 0.4) is 0 Å². The fourth-order valence-electron chi connectivity index (χ4n) is 2.66. The van der Waals surface area contributed by atoms with Crippen LogP contribution in [0.1, 0.15) is 0 Å². The van der Waals surface area contributed by atoms with Gasteiger partial charge in [-0.3, -0.25) is 5.21 Å². The van der Waals surface area contributed by atoms with E-state index in [1.54, 1.807) is 18.2 Å². The zero-order valence-electron chi connectivity index (χ0n) is 11.5. The molecule has 0 aliphatic heterocycles. The molecule has 5 nitrogen and oxygen atoms in total. The zero-order valence-corrected chi connectivity index (χ0v) is 11.5. The van der Waals surface area contributed by atoms with Crippen molar-refractivity contribution in [2.45, 2.75) is 0 Å². The molecule has 0 aliphatic carbocycles. The highest BCUT2D eigenvalue weighted by Gasteiger charge is 2.09. The van der Waals surface area contributed by atoms with Crippen LogP contribution in [0, 0.1) is 5.21 Å². The maximum atomic E-state index is 11.1. The molecule has 0 amide bonds. The molecule has 0 fully saturated rings. The summed E-state index contributed by atoms with van der Waals surface area (Å²) in [5.41, 5.74) is 3.70. The Balaban J connectivity index is 1.93. The molecule has 2 aromatic heterocycles. The zero-order chi connectivity index (χ0) is 15.1. The molecule has 0 saturated carbocycles. The molecule has 108 valence electrons. The van der Waals surface area contributed by atoms with Crippen LogP contribution >= 0.6 is 0 Å². The highest BCUT2D eigenvalue weighted by Crippen LogP contribution is 2.31. The lowest BCUT2D eigenvalue weighted by molar-refractivity contribution is 0.296. The molecule has 4 aromatic rings. The molecule has 0 aliphatic rings. The van der Waals surface area contributed by atoms with Crippen LogP contribution in [0.5, 0.6) is 0 Å². The number of para-hydroxylation sites is 1. The van der Waals surface area contributed by atoms with Crippen LogP contribution in [0.15, 0.2) is 60.8 Å². The van der Waals surface area contributed by atoms with Gasteiger partial charge in [0.25, 0.3) is 0 Å². The van der Waals surface area contributed by atoms with E-state index in [0.717, 1.165) is 33.1 Å². The van der Waals surface area contributed by atoms with Crippen molar-refractivity contribution in [3.63, 3.8) is 0 Å². The van der Waals surface area contributed by atoms with Crippen molar-refractivity contribution in [1.82, 2.24) is 9.97 Å². The second kappa shape index (κ2) is 4.84. The smallest absolute Gasteiger partial charge is 0.0731 e. The highest BCUT2D eigenvalue weighted by atomic mass is 16.8. The number of pyridine rings is 1. The molecule has 5 heteroatoms. The van der Waals surface area contributed by atoms with Gasteiger partial charge in [0.15, 0.2) is 0 Å². The van der Waals surface area contributed by atoms with Crippen LogP contribution in [0.25, 0.3) is 33.1 Å². The Morgan fingerprint density at radius 1 is 1.05 bits per heavy atom. The molecule has 0 radical (unpaired) electrons. The summed E-state index contributed by atoms with van der Waals surface area (Å²) in [4.78, 5) is 7.83. The summed E-state index contributed by atoms with van der Waals surface area (Å²) in [6.45, 7) is 0. The first-order valence-corrected chi connectivity index (χ1v) is 6.86. The number of nitrogens with one attached hydrogen (secondary N) is 1. The SMILES string of the molecule is [O-]N(O)c1ccc2[nH]cc(-c3ccc4ccccc4n3)c2c1. The van der Waals surface area contributed by atoms with Crippen LogP contribution in [-0.2, 0) is 0 Å². The van der Waals surface area contributed by atoms with Gasteiger partial charge in [0.05, 0.1) is 16.9 Å². The van der Waals surface area contributed by atoms with Gasteiger partial charge in [-0.2, -0.15) is 0 Å². The Labute approximate surface area is 126 Å². The van der Waals surface area contributed by atoms with E-state index in [9.17, 15) is 5.21 Å². The van der Waals surface area contributed by atoms with E-state index in [4.69, 9.17) is 5.21 Å². The maximum Gasteiger partial charge on any atom is 0.0731 e. The number of benzene rings is 2. The summed E-state index contributed by atoms with van der Waals surface area (Å²) in [5, 5.41) is 21.9. The molecule has 0 unspecified atom stereocenters. The van der Waals surface area contributed by atoms with Crippen molar-refractivity contribution in [3.05, 3.63) is 66.0 Å². The van der Waals surface area contributed by atoms with Gasteiger partial charge in [0.1, 0.15) is 0 Å². The summed E-state index contributed by atoms with van der Waals surface area (Å²) >= 11 is 0. The molecular weight excluding hydrogens is 278 g/mol. The molecule has 2 aromatic carbocycles. The van der Waals surface area contributed by atoms with Crippen molar-refractivity contribution in [2.75, 3.05) is 5.23 Å². The molecule has 2 heterocycles. The molecule has 2 N–H and O–H groups in total. The third-order valence-electron chi connectivity index (χ3n) is 3.76. The molecule has 22 heavy (non-hydrogen) atoms. The standard InChI is InChI=1S/C17H12N3O2/c21-20(22)12-6-8-16-13(9-12)14(10-18-16)17-7-5-11-3-1-2-4-15(11)19-17/h1-10,18,21H/q-1. The van der Waals surface area contributed by atoms with Crippen LogP contribution in [0.4, 0.5) is 5.69 Å². The number of aromatic amines is 1. The van der Waals surface area contributed by atoms with Gasteiger partial charge in [-0.25, -0.2) is 4.98 Å². The monoisotopic (exact) mass is 290 g/mol. The second-order valence-corrected chi connectivity index (χ2v) is 5.09. The van der Waals surface area contributed by atoms with E-state index in [1.165, 1.54) is 0 Å². The number of fused-ring (bicyclic) bond motifs is 2. The summed E-state index contributed by atoms with van der Waals surface area (Å²) in [6.07, 6.45) is 1.86. The molecule has 0 spiro atoms. The largest absolute Gasteiger partial charge is 0.733 e. The first-order chi connectivity index (χ1) is 10.7. The maximum absolute atomic E-state index is 11.1. The molecule has 0 bridgehead atoms. The summed E-state index contributed by atoms with van der Waals surface area (Å²) < 4.78 is 0. The number of nitrogens with zero attached hydrogens (tertiary/aromatic N) is 2. The van der Waals surface area contributed by atoms with Crippen LogP contribution in [-0.4, -0.2) is 15.2 Å². The van der Waals surface area contributed by atoms with Crippen molar-refractivity contribution >= 4 is 27.5 Å². The van der Waals surface area contributed by atoms with Gasteiger partial charge in [-0.05, 0) is 30.3 Å². The van der Waals surface area contributed by atoms with Crippen LogP contribution < -0.4 is 5.23 Å². The first kappa shape index (κ1) is 12.8. The first-order valence-electron chi connectivity index (χ1n) is 6.86. The number of anilines is 1. The summed E-state index contributed by atoms with van der Waals surface area (Å²) in [7, 11) is 0. The van der Waals surface area contributed by atoms with Crippen molar-refractivity contribution in [2.24, 2.45) is 0 Å². The fraction of sp³-hybridized carbons (Fsp3) is 0. The summed E-state index contributed by atoms with van der Waals surface area (Å²) in [6, 6.07) is 16.8. The van der Waals surface area contributed by atoms with Gasteiger partial charge in [-0.15, -0.1) is 0 Å². The highest BCUT2D eigenvalue weighted by molar-refractivity contribution is 5.97. The molecule has 0 atom stereocenters. The number of H-pyrrole nitrogens is 1. The van der Waals surface area contributed by atoms with Gasteiger partial charge < -0.3 is 15.4 Å². The third-order valence-corrected chi connectivity index (χ3v) is 3.76. The Morgan fingerprint density at radius 2 is 1.91 bits per heavy atom. The lowest BCUT2D eigenvalue weighted by Crippen LogP contribution is -2.06. The van der Waals surface area contributed by atoms with E-state index in [2.05, 4.69) is 9.97 Å². The second-order valence-electron chi connectivity index (χ2n) is 5.09. The Bertz CT molecular complexity index is 976. The van der Waals surface area contributed by atoms with E-state index >= 15 is 0 Å². The average molecular weight is 290 g/mol. The normalized spacial score (nSPS) is 11.2. The lowest BCUT2D eigenvalue weighted by Gasteiger charge is -2.21. The third kappa shape index (κ3) is 2.00. The van der Waals surface area contributed by atoms with Crippen molar-refractivity contribution in [1.29, 1.82) is 0 Å². The van der Waals surface area contributed by atoms with Crippen molar-refractivity contribution < 1.29 is 5.21 Å². The number of hydrogen-bond donors (Lipinski definition) is 2. The summed E-state index contributed by atoms with van der Waals surface area (Å²) in [5.74, 6) is 0. The van der Waals surface area contributed by atoms with E-state index in [1.807, 2.05) is 42.6 Å². The number of rotatable bonds is 2. The van der Waals surface area contributed by atoms with Crippen molar-refractivity contribution in [3.8, 4) is 11.3 Å². The minimum atomic E-state index is -0.135. The topological polar surface area (TPSA) is 75.2 Å². The van der Waals surface area contributed by atoms with Gasteiger partial charge in [-0.1, -0.05) is 24.3 Å². The predicted octanol–water partition coefficient (Wildman–Crippen LogP) is 4.08. The van der Waals surface area contributed by atoms with E-state index < -0.39 is 0 Å². The van der Waals surface area contributed by atoms with Crippen LogP contribution in [0.2, 0.25) is 0 Å². The quantitative estimate of drug-likeness (QED) is 0.545. The average Bonchev–Trinajstić information content (AvgIpc) is 2.97. The van der Waals surface area contributed by atoms with E-state index in [-0.39, 0.29) is 10.9 Å². The van der Waals surface area contributed by atoms with Gasteiger partial charge in [0.2, 0.25) is 0 Å². The lowest BCUT2D eigenvalue weighted by atomic mass is 10.1. The minimum absolute atomic E-state index is 0.135. The Morgan fingerprint density at radius 3 is 2.77 bits per heavy atom. The van der Waals surface area contributed by atoms with E-state index in [0.29, 0.717) is 0 Å². The molecule has 0 saturated heterocycles. The fourth-order valence-corrected chi connectivity index (χ4v) is 2.66. The van der Waals surface area contributed by atoms with Gasteiger partial charge in [0, 0.05) is 28.0 Å². The van der Waals surface area contributed by atoms with Gasteiger partial charge >= 0.3 is 0 Å².